The Morgan fingerprint density at radius 1 is 1.33 bits per heavy atom. The van der Waals surface area contributed by atoms with Crippen LogP contribution in [0.5, 0.6) is 0 Å². The van der Waals surface area contributed by atoms with E-state index >= 15 is 0 Å². The van der Waals surface area contributed by atoms with E-state index < -0.39 is 12.3 Å². The van der Waals surface area contributed by atoms with Crippen LogP contribution in [-0.2, 0) is 14.5 Å². The minimum atomic E-state index is -1.71. The van der Waals surface area contributed by atoms with Crippen LogP contribution in [0, 0.1) is 0 Å². The lowest BCUT2D eigenvalue weighted by atomic mass is 11.3. The Morgan fingerprint density at radius 2 is 1.89 bits per heavy atom. The van der Waals surface area contributed by atoms with E-state index in [0.717, 1.165) is 7.11 Å². The predicted molar refractivity (Wildman–Crippen MR) is 22.6 cm³/mol. The summed E-state index contributed by atoms with van der Waals surface area (Å²) in [6.07, 6.45) is -2.92. The fourth-order valence-corrected chi connectivity index (χ4v) is 0.104. The van der Waals surface area contributed by atoms with Crippen LogP contribution in [-0.4, -0.2) is 24.5 Å². The van der Waals surface area contributed by atoms with Crippen molar-refractivity contribution in [1.29, 1.82) is 0 Å². The van der Waals surface area contributed by atoms with Gasteiger partial charge in [-0.05, 0) is 0 Å². The minimum absolute atomic E-state index is 1.02. The number of methoxy groups -OCH3 is 1. The summed E-state index contributed by atoms with van der Waals surface area (Å²) in [5, 5.41) is 7.70. The highest BCUT2D eigenvalue weighted by molar-refractivity contribution is 5.62. The highest BCUT2D eigenvalue weighted by Crippen LogP contribution is 1.83. The van der Waals surface area contributed by atoms with Gasteiger partial charge in [-0.15, -0.1) is 0 Å². The zero-order chi connectivity index (χ0) is 7.28. The third-order valence-electron chi connectivity index (χ3n) is 0.348. The molecule has 0 aliphatic carbocycles. The highest BCUT2D eigenvalue weighted by Gasteiger charge is 2.04. The number of rotatable bonds is 0. The molecule has 0 amide bonds. The maximum absolute atomic E-state index is 9.88. The zero-order valence-electron chi connectivity index (χ0n) is 4.49. The quantitative estimate of drug-likeness (QED) is 0.294. The Hall–Kier alpha value is -1.46. The molecule has 0 bridgehead atoms. The molecule has 6 heteroatoms. The Kier molecular flexibility index (Phi) is 2.96. The SMILES string of the molecule is COC(=O)OOC(=O)O. The summed E-state index contributed by atoms with van der Waals surface area (Å²) in [5.74, 6) is 0. The fraction of sp³-hybridized carbons (Fsp3) is 0.333. The lowest BCUT2D eigenvalue weighted by Gasteiger charge is -1.94. The number of hydrogen-bond donors (Lipinski definition) is 1. The Labute approximate surface area is 49.9 Å². The largest absolute Gasteiger partial charge is 0.549 e. The van der Waals surface area contributed by atoms with Gasteiger partial charge in [0, 0.05) is 0 Å². The van der Waals surface area contributed by atoms with Crippen LogP contribution in [0.4, 0.5) is 9.59 Å². The van der Waals surface area contributed by atoms with Crippen molar-refractivity contribution in [1.82, 2.24) is 0 Å². The zero-order valence-corrected chi connectivity index (χ0v) is 4.49. The maximum atomic E-state index is 9.88. The Morgan fingerprint density at radius 3 is 2.22 bits per heavy atom. The van der Waals surface area contributed by atoms with Crippen LogP contribution < -0.4 is 0 Å². The first-order valence-electron chi connectivity index (χ1n) is 1.82. The first-order chi connectivity index (χ1) is 4.16. The van der Waals surface area contributed by atoms with Gasteiger partial charge in [0.2, 0.25) is 0 Å². The smallest absolute Gasteiger partial charge is 0.447 e. The van der Waals surface area contributed by atoms with Gasteiger partial charge in [-0.2, -0.15) is 9.68 Å². The van der Waals surface area contributed by atoms with Crippen molar-refractivity contribution in [2.24, 2.45) is 0 Å². The molecule has 9 heavy (non-hydrogen) atoms. The Balaban J connectivity index is 3.28. The third kappa shape index (κ3) is 4.39. The summed E-state index contributed by atoms with van der Waals surface area (Å²) in [4.78, 5) is 26.2. The fourth-order valence-electron chi connectivity index (χ4n) is 0.104. The van der Waals surface area contributed by atoms with Crippen LogP contribution in [0.25, 0.3) is 0 Å². The van der Waals surface area contributed by atoms with Gasteiger partial charge in [-0.3, -0.25) is 0 Å². The maximum Gasteiger partial charge on any atom is 0.549 e. The number of hydrogen-bond acceptors (Lipinski definition) is 5. The molecule has 0 unspecified atom stereocenters. The van der Waals surface area contributed by atoms with Crippen molar-refractivity contribution >= 4 is 12.3 Å². The highest BCUT2D eigenvalue weighted by atomic mass is 17.3. The normalized spacial score (nSPS) is 7.67. The molecular formula is C3H4O6. The van der Waals surface area contributed by atoms with Gasteiger partial charge >= 0.3 is 12.3 Å². The van der Waals surface area contributed by atoms with E-state index in [1.807, 2.05) is 0 Å². The summed E-state index contributed by atoms with van der Waals surface area (Å²) in [6.45, 7) is 0. The van der Waals surface area contributed by atoms with Crippen LogP contribution >= 0.6 is 0 Å². The summed E-state index contributed by atoms with van der Waals surface area (Å²) >= 11 is 0. The van der Waals surface area contributed by atoms with Gasteiger partial charge in [-0.25, -0.2) is 9.68 Å². The summed E-state index contributed by atoms with van der Waals surface area (Å²) in [6, 6.07) is 0. The topological polar surface area (TPSA) is 82.1 Å². The molecule has 0 atom stereocenters. The van der Waals surface area contributed by atoms with Crippen molar-refractivity contribution in [2.75, 3.05) is 7.11 Å². The molecule has 0 aliphatic heterocycles. The van der Waals surface area contributed by atoms with E-state index in [1.54, 1.807) is 0 Å². The molecule has 6 nitrogen and oxygen atoms in total. The van der Waals surface area contributed by atoms with Gasteiger partial charge in [0.25, 0.3) is 0 Å². The average molecular weight is 136 g/mol. The summed E-state index contributed by atoms with van der Waals surface area (Å²) in [7, 11) is 1.02. The van der Waals surface area contributed by atoms with E-state index in [2.05, 4.69) is 14.5 Å². The number of carbonyl (C=O) groups excluding carboxylic acids is 1. The second-order valence-electron chi connectivity index (χ2n) is 0.887. The molecule has 0 spiro atoms. The van der Waals surface area contributed by atoms with E-state index in [0.29, 0.717) is 0 Å². The van der Waals surface area contributed by atoms with Gasteiger partial charge < -0.3 is 9.84 Å². The minimum Gasteiger partial charge on any atom is -0.447 e. The van der Waals surface area contributed by atoms with Gasteiger partial charge in [0.05, 0.1) is 7.11 Å². The number of carboxylic acid groups (broad SMARTS) is 1. The molecule has 0 radical (unpaired) electrons. The average Bonchev–Trinajstić information content (AvgIpc) is 1.83. The van der Waals surface area contributed by atoms with Crippen molar-refractivity contribution in [3.63, 3.8) is 0 Å². The standard InChI is InChI=1S/C3H4O6/c1-7-3(6)9-8-2(4)5/h1H3,(H,4,5). The Bertz CT molecular complexity index is 117. The van der Waals surface area contributed by atoms with Gasteiger partial charge in [-0.1, -0.05) is 0 Å². The van der Waals surface area contributed by atoms with Crippen molar-refractivity contribution in [2.45, 2.75) is 0 Å². The molecule has 52 valence electrons. The summed E-state index contributed by atoms with van der Waals surface area (Å²) < 4.78 is 3.85. The van der Waals surface area contributed by atoms with Crippen LogP contribution in [0.2, 0.25) is 0 Å². The molecule has 0 aromatic rings. The van der Waals surface area contributed by atoms with E-state index in [-0.39, 0.29) is 0 Å². The third-order valence-corrected chi connectivity index (χ3v) is 0.348. The second-order valence-corrected chi connectivity index (χ2v) is 0.887. The van der Waals surface area contributed by atoms with E-state index in [4.69, 9.17) is 5.11 Å². The molecule has 0 aliphatic rings. The molecule has 0 fully saturated rings. The molecule has 0 aromatic heterocycles. The van der Waals surface area contributed by atoms with Gasteiger partial charge in [0.15, 0.2) is 0 Å². The van der Waals surface area contributed by atoms with Crippen LogP contribution in [0.1, 0.15) is 0 Å². The molecule has 0 heterocycles. The first-order valence-corrected chi connectivity index (χ1v) is 1.82. The van der Waals surface area contributed by atoms with Crippen molar-refractivity contribution in [3.8, 4) is 0 Å². The number of carbonyl (C=O) groups is 2. The van der Waals surface area contributed by atoms with Gasteiger partial charge in [0.1, 0.15) is 0 Å². The molecule has 1 N–H and O–H groups in total. The van der Waals surface area contributed by atoms with E-state index in [9.17, 15) is 9.59 Å². The molecule has 0 saturated carbocycles. The molecule has 0 aromatic carbocycles. The number of ether oxygens (including phenoxy) is 1. The molecule has 0 saturated heterocycles. The molecular weight excluding hydrogens is 132 g/mol. The first kappa shape index (κ1) is 7.54. The van der Waals surface area contributed by atoms with E-state index in [1.165, 1.54) is 0 Å². The predicted octanol–water partition coefficient (Wildman–Crippen LogP) is 0.379. The second kappa shape index (κ2) is 3.53. The molecule has 0 rings (SSSR count). The van der Waals surface area contributed by atoms with Crippen molar-refractivity contribution < 1.29 is 29.2 Å². The summed E-state index contributed by atoms with van der Waals surface area (Å²) in [5.41, 5.74) is 0. The van der Waals surface area contributed by atoms with Crippen molar-refractivity contribution in [3.05, 3.63) is 0 Å². The monoisotopic (exact) mass is 136 g/mol. The van der Waals surface area contributed by atoms with Crippen LogP contribution in [0.3, 0.4) is 0 Å². The van der Waals surface area contributed by atoms with Crippen LogP contribution in [0.15, 0.2) is 0 Å². The lowest BCUT2D eigenvalue weighted by Crippen LogP contribution is -2.08. The lowest BCUT2D eigenvalue weighted by molar-refractivity contribution is -0.210.